The minimum atomic E-state index is -2.78. The molecule has 0 bridgehead atoms. The molecule has 0 radical (unpaired) electrons. The molecule has 15 heavy (non-hydrogen) atoms. The SMILES string of the molecule is O=S([O-])OCC1O[C@@H](O)C(O)[C@H](O)[C@H]1O. The van der Waals surface area contributed by atoms with Gasteiger partial charge < -0.3 is 29.7 Å². The van der Waals surface area contributed by atoms with Crippen LogP contribution < -0.4 is 0 Å². The molecule has 9 heteroatoms. The van der Waals surface area contributed by atoms with Crippen molar-refractivity contribution >= 4 is 11.4 Å². The maximum atomic E-state index is 10.0. The van der Waals surface area contributed by atoms with Crippen LogP contribution in [0.3, 0.4) is 0 Å². The zero-order valence-electron chi connectivity index (χ0n) is 7.42. The molecule has 0 aromatic carbocycles. The van der Waals surface area contributed by atoms with E-state index in [0.29, 0.717) is 0 Å². The van der Waals surface area contributed by atoms with Gasteiger partial charge in [0.1, 0.15) is 24.4 Å². The van der Waals surface area contributed by atoms with Crippen LogP contribution in [0.1, 0.15) is 0 Å². The van der Waals surface area contributed by atoms with Gasteiger partial charge in [0, 0.05) is 0 Å². The fraction of sp³-hybridized carbons (Fsp3) is 1.00. The molecule has 0 aromatic heterocycles. The van der Waals surface area contributed by atoms with Gasteiger partial charge in [0.2, 0.25) is 0 Å². The van der Waals surface area contributed by atoms with Gasteiger partial charge in [0.25, 0.3) is 0 Å². The minimum absolute atomic E-state index is 0.557. The standard InChI is InChI=1S/C6H12O8S/c7-3-2(1-13-15(11)12)14-6(10)5(9)4(3)8/h2-10H,1H2,(H,11,12)/p-1/t2?,3-,4+,5?,6+/m0/s1. The normalized spacial score (nSPS) is 43.9. The Hall–Kier alpha value is -0.130. The van der Waals surface area contributed by atoms with E-state index in [-0.39, 0.29) is 0 Å². The topological polar surface area (TPSA) is 140 Å². The average molecular weight is 243 g/mol. The second-order valence-electron chi connectivity index (χ2n) is 3.03. The van der Waals surface area contributed by atoms with Gasteiger partial charge >= 0.3 is 0 Å². The van der Waals surface area contributed by atoms with Crippen LogP contribution in [0.4, 0.5) is 0 Å². The largest absolute Gasteiger partial charge is 0.750 e. The van der Waals surface area contributed by atoms with Crippen LogP contribution in [0, 0.1) is 0 Å². The number of rotatable bonds is 3. The summed E-state index contributed by atoms with van der Waals surface area (Å²) >= 11 is -2.78. The Morgan fingerprint density at radius 3 is 2.33 bits per heavy atom. The van der Waals surface area contributed by atoms with Gasteiger partial charge in [-0.05, 0) is 0 Å². The Morgan fingerprint density at radius 2 is 1.80 bits per heavy atom. The van der Waals surface area contributed by atoms with Crippen LogP contribution in [-0.4, -0.2) is 66.5 Å². The third kappa shape index (κ3) is 3.16. The molecular weight excluding hydrogens is 232 g/mol. The first-order chi connectivity index (χ1) is 6.93. The number of hydrogen-bond acceptors (Lipinski definition) is 8. The Kier molecular flexibility index (Phi) is 4.55. The van der Waals surface area contributed by atoms with E-state index < -0.39 is 48.7 Å². The van der Waals surface area contributed by atoms with Crippen molar-refractivity contribution in [1.29, 1.82) is 0 Å². The highest BCUT2D eigenvalue weighted by atomic mass is 32.2. The monoisotopic (exact) mass is 243 g/mol. The maximum Gasteiger partial charge on any atom is 0.184 e. The summed E-state index contributed by atoms with van der Waals surface area (Å²) in [5, 5.41) is 36.6. The molecule has 0 spiro atoms. The molecule has 3 unspecified atom stereocenters. The quantitative estimate of drug-likeness (QED) is 0.376. The lowest BCUT2D eigenvalue weighted by atomic mass is 10.00. The molecule has 1 saturated heterocycles. The smallest absolute Gasteiger partial charge is 0.184 e. The zero-order chi connectivity index (χ0) is 11.6. The van der Waals surface area contributed by atoms with E-state index in [9.17, 15) is 19.0 Å². The lowest BCUT2D eigenvalue weighted by Gasteiger charge is -2.38. The molecule has 1 aliphatic heterocycles. The highest BCUT2D eigenvalue weighted by molar-refractivity contribution is 7.74. The molecule has 1 rings (SSSR count). The first kappa shape index (κ1) is 12.9. The maximum absolute atomic E-state index is 10.0. The predicted octanol–water partition coefficient (Wildman–Crippen LogP) is -3.40. The molecule has 6 atom stereocenters. The Bertz CT molecular complexity index is 235. The number of hydrogen-bond donors (Lipinski definition) is 4. The van der Waals surface area contributed by atoms with E-state index in [1.54, 1.807) is 0 Å². The third-order valence-corrected chi connectivity index (χ3v) is 2.34. The molecule has 1 fully saturated rings. The van der Waals surface area contributed by atoms with E-state index in [4.69, 9.17) is 10.2 Å². The van der Waals surface area contributed by atoms with Crippen LogP contribution >= 0.6 is 0 Å². The van der Waals surface area contributed by atoms with Gasteiger partial charge in [0.05, 0.1) is 18.0 Å². The van der Waals surface area contributed by atoms with E-state index in [2.05, 4.69) is 8.92 Å². The van der Waals surface area contributed by atoms with Crippen molar-refractivity contribution < 1.29 is 38.1 Å². The van der Waals surface area contributed by atoms with Gasteiger partial charge in [-0.15, -0.1) is 0 Å². The minimum Gasteiger partial charge on any atom is -0.750 e. The molecule has 0 amide bonds. The Labute approximate surface area is 87.5 Å². The fourth-order valence-electron chi connectivity index (χ4n) is 1.19. The number of aliphatic hydroxyl groups excluding tert-OH is 4. The van der Waals surface area contributed by atoms with Crippen molar-refractivity contribution in [3.63, 3.8) is 0 Å². The van der Waals surface area contributed by atoms with E-state index in [0.717, 1.165) is 0 Å². The van der Waals surface area contributed by atoms with Gasteiger partial charge in [0.15, 0.2) is 6.29 Å². The average Bonchev–Trinajstić information content (AvgIpc) is 2.18. The van der Waals surface area contributed by atoms with Crippen LogP contribution in [0.5, 0.6) is 0 Å². The summed E-state index contributed by atoms with van der Waals surface area (Å²) in [6, 6.07) is 0. The van der Waals surface area contributed by atoms with Crippen LogP contribution in [0.2, 0.25) is 0 Å². The second kappa shape index (κ2) is 5.27. The van der Waals surface area contributed by atoms with Crippen molar-refractivity contribution in [1.82, 2.24) is 0 Å². The summed E-state index contributed by atoms with van der Waals surface area (Å²) in [6.07, 6.45) is -7.73. The summed E-state index contributed by atoms with van der Waals surface area (Å²) in [6.45, 7) is -0.557. The lowest BCUT2D eigenvalue weighted by Crippen LogP contribution is -2.58. The van der Waals surface area contributed by atoms with Crippen molar-refractivity contribution in [2.75, 3.05) is 6.61 Å². The predicted molar refractivity (Wildman–Crippen MR) is 43.8 cm³/mol. The van der Waals surface area contributed by atoms with Crippen molar-refractivity contribution in [2.45, 2.75) is 30.7 Å². The number of ether oxygens (including phenoxy) is 1. The highest BCUT2D eigenvalue weighted by Gasteiger charge is 2.43. The van der Waals surface area contributed by atoms with Crippen molar-refractivity contribution in [2.24, 2.45) is 0 Å². The van der Waals surface area contributed by atoms with E-state index >= 15 is 0 Å². The summed E-state index contributed by atoms with van der Waals surface area (Å²) in [7, 11) is 0. The molecule has 8 nitrogen and oxygen atoms in total. The summed E-state index contributed by atoms with van der Waals surface area (Å²) in [5.74, 6) is 0. The first-order valence-corrected chi connectivity index (χ1v) is 5.03. The Balaban J connectivity index is 2.54. The second-order valence-corrected chi connectivity index (χ2v) is 3.67. The summed E-state index contributed by atoms with van der Waals surface area (Å²) in [4.78, 5) is 0. The van der Waals surface area contributed by atoms with E-state index in [1.807, 2.05) is 0 Å². The lowest BCUT2D eigenvalue weighted by molar-refractivity contribution is -0.285. The molecule has 4 N–H and O–H groups in total. The van der Waals surface area contributed by atoms with E-state index in [1.165, 1.54) is 0 Å². The first-order valence-electron chi connectivity index (χ1n) is 4.03. The molecule has 1 aliphatic rings. The molecule has 90 valence electrons. The van der Waals surface area contributed by atoms with Crippen LogP contribution in [-0.2, 0) is 20.3 Å². The third-order valence-electron chi connectivity index (χ3n) is 2.02. The molecule has 0 aromatic rings. The molecular formula is C6H11O8S-. The summed E-state index contributed by atoms with van der Waals surface area (Å²) in [5.41, 5.74) is 0. The molecule has 0 aliphatic carbocycles. The zero-order valence-corrected chi connectivity index (χ0v) is 8.24. The van der Waals surface area contributed by atoms with Gasteiger partial charge in [-0.3, -0.25) is 4.18 Å². The Morgan fingerprint density at radius 1 is 1.20 bits per heavy atom. The molecule has 1 heterocycles. The van der Waals surface area contributed by atoms with Crippen LogP contribution in [0.15, 0.2) is 0 Å². The highest BCUT2D eigenvalue weighted by Crippen LogP contribution is 2.19. The van der Waals surface area contributed by atoms with Gasteiger partial charge in [-0.25, -0.2) is 4.21 Å². The number of aliphatic hydroxyl groups is 4. The molecule has 0 saturated carbocycles. The van der Waals surface area contributed by atoms with Gasteiger partial charge in [-0.2, -0.15) is 0 Å². The summed E-state index contributed by atoms with van der Waals surface area (Å²) < 4.78 is 28.8. The van der Waals surface area contributed by atoms with Crippen molar-refractivity contribution in [3.8, 4) is 0 Å². The van der Waals surface area contributed by atoms with Crippen molar-refractivity contribution in [3.05, 3.63) is 0 Å². The van der Waals surface area contributed by atoms with Crippen LogP contribution in [0.25, 0.3) is 0 Å². The van der Waals surface area contributed by atoms with Gasteiger partial charge in [-0.1, -0.05) is 0 Å². The fourth-order valence-corrected chi connectivity index (χ4v) is 1.44.